The van der Waals surface area contributed by atoms with E-state index in [2.05, 4.69) is 133 Å². The molecule has 2 N–H and O–H groups in total. The maximum Gasteiger partial charge on any atom is 0.435 e. The summed E-state index contributed by atoms with van der Waals surface area (Å²) in [5.41, 5.74) is 6.08. The molecule has 0 unspecified atom stereocenters. The summed E-state index contributed by atoms with van der Waals surface area (Å²) in [5.74, 6) is 0.946. The van der Waals surface area contributed by atoms with Gasteiger partial charge in [-0.05, 0) is 146 Å². The molecule has 12 rings (SSSR count). The monoisotopic (exact) mass is 1830 g/mol. The zero-order valence-electron chi connectivity index (χ0n) is 74.5. The van der Waals surface area contributed by atoms with Crippen molar-refractivity contribution in [3.8, 4) is 64.8 Å². The molecule has 0 atom stereocenters. The number of amides is 6. The van der Waals surface area contributed by atoms with E-state index in [0.29, 0.717) is 40.0 Å². The van der Waals surface area contributed by atoms with Gasteiger partial charge in [-0.1, -0.05) is 62.3 Å². The molecule has 0 aliphatic carbocycles. The highest BCUT2D eigenvalue weighted by atomic mass is 32.1. The Balaban J connectivity index is 0.000000208. The van der Waals surface area contributed by atoms with Crippen molar-refractivity contribution in [1.29, 1.82) is 0 Å². The minimum atomic E-state index is -4.90. The number of aromatic nitrogens is 14. The van der Waals surface area contributed by atoms with E-state index in [1.54, 1.807) is 90.1 Å². The predicted octanol–water partition coefficient (Wildman–Crippen LogP) is 18.1. The van der Waals surface area contributed by atoms with Crippen LogP contribution in [-0.2, 0) is 45.6 Å². The molecule has 0 radical (unpaired) electrons. The van der Waals surface area contributed by atoms with Crippen molar-refractivity contribution in [2.75, 3.05) is 91.2 Å². The quantitative estimate of drug-likeness (QED) is 0.0596. The van der Waals surface area contributed by atoms with E-state index in [1.807, 2.05) is 71.0 Å². The summed E-state index contributed by atoms with van der Waals surface area (Å²) in [4.78, 5) is 95.3. The SMILES string of the molecule is CC(C)c1cc(-c2ccc(C(=O)N(C)C)s2)n[nH]1.CC(C)c1cc(-c2ccc(C(=O)N(C)C)s2)nn1C.CCCn1nc(C(C)C)cc1-c1ccc(C(=O)N(C)C)s1.CCn1nc(C(C)C)cc1-c1ccc(C(=O)N(C)C)s1.CN(C)C(=O)c1cc(-c2cc(C(F)(F)F)n(CCO)n2)ccn1.CN(C)C(=O)c1cc(-c2cc(C(F)(F)F)nn2CC(F)(F)F)ccn1. The van der Waals surface area contributed by atoms with E-state index in [-0.39, 0.29) is 63.4 Å². The van der Waals surface area contributed by atoms with Gasteiger partial charge in [-0.25, -0.2) is 0 Å². The number of pyridine rings is 2. The Kier molecular flexibility index (Phi) is 35.6. The lowest BCUT2D eigenvalue weighted by molar-refractivity contribution is -0.148. The average Bonchev–Trinajstić information content (AvgIpc) is 1.64. The number of hydrogen-bond donors (Lipinski definition) is 2. The van der Waals surface area contributed by atoms with Crippen LogP contribution in [-0.4, -0.2) is 236 Å². The van der Waals surface area contributed by atoms with E-state index >= 15 is 0 Å². The van der Waals surface area contributed by atoms with Crippen LogP contribution >= 0.6 is 45.3 Å². The highest BCUT2D eigenvalue weighted by molar-refractivity contribution is 7.18. The Morgan fingerprint density at radius 1 is 0.421 bits per heavy atom. The van der Waals surface area contributed by atoms with Crippen LogP contribution in [0.25, 0.3) is 64.8 Å². The van der Waals surface area contributed by atoms with Crippen molar-refractivity contribution in [2.45, 2.75) is 144 Å². The second-order valence-electron chi connectivity index (χ2n) is 31.1. The number of H-pyrrole nitrogens is 1. The van der Waals surface area contributed by atoms with Crippen molar-refractivity contribution in [3.05, 3.63) is 187 Å². The Morgan fingerprint density at radius 2 is 0.849 bits per heavy atom. The molecule has 0 aromatic carbocycles. The fourth-order valence-corrected chi connectivity index (χ4v) is 15.7. The van der Waals surface area contributed by atoms with Gasteiger partial charge in [0.25, 0.3) is 35.4 Å². The number of aliphatic hydroxyl groups is 1. The van der Waals surface area contributed by atoms with Gasteiger partial charge >= 0.3 is 18.5 Å². The average molecular weight is 1830 g/mol. The molecular weight excluding hydrogens is 1720 g/mol. The number of carbonyl (C=O) groups is 6. The maximum absolute atomic E-state index is 13.0. The molecule has 12 heterocycles. The lowest BCUT2D eigenvalue weighted by atomic mass is 10.1. The standard InChI is InChI=1S/C16H23N3OS.C15H21N3OS.C14H12F6N4O.C14H15F3N4O2.C14H19N3OS.C13H17N3OS/c1-6-9-19-13(10-12(17-19)11(2)3)14-7-8-15(21-14)16(20)18(4)5;1-6-18-12(9-11(16-18)10(2)3)13-7-8-14(20-13)15(19)17(4)5;1-23(2)12(25)9-5-8(3-4-21-9)10-6-11(14(18,19)20)22-24(10)7-13(15,16)17;1-20(2)13(23)11-7-9(3-4-18-11)10-8-12(14(15,16)17)21(19-10)5-6-22;1-9(2)11-8-10(15-17(11)5)12-6-7-13(19-12)14(18)16(3)4;1-8(2)9-7-10(15-14-9)11-5-6-12(18-11)13(17)16(3)4/h7-8,10-11H,6,9H2,1-5H3;7-10H,6H2,1-5H3;3-6H,7H2,1-2H3;3-4,7-8,22H,5-6H2,1-2H3;6-9H,1-5H3;5-8H,1-4H3,(H,14,15). The number of aliphatic hydroxyl groups excluding tert-OH is 1. The fraction of sp³-hybridized carbons (Fsp3) is 0.419. The molecule has 0 aliphatic heterocycles. The summed E-state index contributed by atoms with van der Waals surface area (Å²) in [6.45, 7) is 20.6. The van der Waals surface area contributed by atoms with Gasteiger partial charge in [-0.3, -0.25) is 67.2 Å². The number of aryl methyl sites for hydroxylation is 3. The highest BCUT2D eigenvalue weighted by Gasteiger charge is 2.39. The smallest absolute Gasteiger partial charge is 0.394 e. The van der Waals surface area contributed by atoms with E-state index < -0.39 is 54.7 Å². The number of hydrogen-bond acceptors (Lipinski definition) is 19. The molecule has 0 bridgehead atoms. The fourth-order valence-electron chi connectivity index (χ4n) is 11.6. The van der Waals surface area contributed by atoms with Crippen LogP contribution < -0.4 is 0 Å². The van der Waals surface area contributed by atoms with Crippen molar-refractivity contribution in [1.82, 2.24) is 98.5 Å². The first-order valence-corrected chi connectivity index (χ1v) is 43.0. The maximum atomic E-state index is 13.0. The van der Waals surface area contributed by atoms with Crippen LogP contribution in [0.2, 0.25) is 0 Å². The number of nitrogens with one attached hydrogen (secondary N) is 1. The first-order chi connectivity index (χ1) is 58.9. The lowest BCUT2D eigenvalue weighted by Crippen LogP contribution is -2.23. The zero-order valence-corrected chi connectivity index (χ0v) is 77.8. The Hall–Kier alpha value is -11.5. The van der Waals surface area contributed by atoms with Crippen molar-refractivity contribution < 1.29 is 73.4 Å². The highest BCUT2D eigenvalue weighted by Crippen LogP contribution is 2.38. The molecule has 27 nitrogen and oxygen atoms in total. The lowest BCUT2D eigenvalue weighted by Gasteiger charge is -2.12. The molecule has 6 amide bonds. The minimum absolute atomic E-state index is 0.0332. The van der Waals surface area contributed by atoms with Crippen LogP contribution in [0.3, 0.4) is 0 Å². The number of alkyl halides is 9. The van der Waals surface area contributed by atoms with Crippen molar-refractivity contribution in [2.24, 2.45) is 7.05 Å². The number of rotatable bonds is 22. The molecule has 0 saturated carbocycles. The van der Waals surface area contributed by atoms with Gasteiger partial charge in [-0.15, -0.1) is 45.3 Å². The number of halogens is 9. The molecule has 40 heteroatoms. The van der Waals surface area contributed by atoms with Crippen LogP contribution in [0.15, 0.2) is 122 Å². The van der Waals surface area contributed by atoms with Crippen molar-refractivity contribution >= 4 is 80.8 Å². The van der Waals surface area contributed by atoms with Crippen LogP contribution in [0, 0.1) is 0 Å². The molecule has 0 saturated heterocycles. The summed E-state index contributed by atoms with van der Waals surface area (Å²) >= 11 is 6.02. The van der Waals surface area contributed by atoms with Crippen molar-refractivity contribution in [3.63, 3.8) is 0 Å². The van der Waals surface area contributed by atoms with E-state index in [9.17, 15) is 68.3 Å². The van der Waals surface area contributed by atoms with Crippen LogP contribution in [0.5, 0.6) is 0 Å². The zero-order chi connectivity index (χ0) is 94.1. The molecular formula is C86H107F9N20O7S4. The van der Waals surface area contributed by atoms with Gasteiger partial charge < -0.3 is 34.5 Å². The van der Waals surface area contributed by atoms with Gasteiger partial charge in [0.05, 0.1) is 86.3 Å². The molecule has 680 valence electrons. The Morgan fingerprint density at radius 3 is 1.24 bits per heavy atom. The first-order valence-electron chi connectivity index (χ1n) is 39.7. The third kappa shape index (κ3) is 27.3. The normalized spacial score (nSPS) is 11.4. The van der Waals surface area contributed by atoms with Gasteiger partial charge in [-0.2, -0.15) is 70.1 Å². The largest absolute Gasteiger partial charge is 0.435 e. The van der Waals surface area contributed by atoms with E-state index in [0.717, 1.165) is 117 Å². The molecule has 0 aliphatic rings. The van der Waals surface area contributed by atoms with Crippen LogP contribution in [0.4, 0.5) is 39.5 Å². The number of nitrogens with zero attached hydrogens (tertiary/aromatic N) is 19. The van der Waals surface area contributed by atoms with Gasteiger partial charge in [0.15, 0.2) is 5.69 Å². The third-order valence-electron chi connectivity index (χ3n) is 18.3. The van der Waals surface area contributed by atoms with E-state index in [4.69, 9.17) is 10.2 Å². The van der Waals surface area contributed by atoms with Gasteiger partial charge in [0, 0.05) is 140 Å². The topological polar surface area (TPSA) is 286 Å². The molecule has 0 fully saturated rings. The summed E-state index contributed by atoms with van der Waals surface area (Å²) < 4.78 is 122. The second kappa shape index (κ2) is 44.1. The number of carbonyl (C=O) groups excluding carboxylic acids is 6. The predicted molar refractivity (Wildman–Crippen MR) is 474 cm³/mol. The molecule has 12 aromatic heterocycles. The summed E-state index contributed by atoms with van der Waals surface area (Å²) in [7, 11) is 22.1. The molecule has 12 aromatic rings. The molecule has 0 spiro atoms. The third-order valence-corrected chi connectivity index (χ3v) is 22.7. The number of aromatic amines is 1. The van der Waals surface area contributed by atoms with E-state index in [1.165, 1.54) is 99.3 Å². The first kappa shape index (κ1) is 102. The summed E-state index contributed by atoms with van der Waals surface area (Å²) in [6.07, 6.45) is -10.7. The summed E-state index contributed by atoms with van der Waals surface area (Å²) in [6, 6.07) is 30.4. The van der Waals surface area contributed by atoms with Gasteiger partial charge in [0.2, 0.25) is 0 Å². The Labute approximate surface area is 742 Å². The summed E-state index contributed by atoms with van der Waals surface area (Å²) in [5, 5.41) is 36.9. The van der Waals surface area contributed by atoms with Crippen LogP contribution in [0.1, 0.15) is 193 Å². The Bertz CT molecular complexity index is 5640. The van der Waals surface area contributed by atoms with Gasteiger partial charge in [0.1, 0.15) is 35.0 Å². The number of thiophene rings is 4. The molecule has 126 heavy (non-hydrogen) atoms. The minimum Gasteiger partial charge on any atom is -0.394 e. The second-order valence-corrected chi connectivity index (χ2v) is 35.4.